The zero-order valence-electron chi connectivity index (χ0n) is 22.2. The molecule has 0 bridgehead atoms. The highest BCUT2D eigenvalue weighted by Gasteiger charge is 2.34. The van der Waals surface area contributed by atoms with E-state index in [9.17, 15) is 30.0 Å². The molecule has 1 fully saturated rings. The number of benzene rings is 1. The third-order valence-corrected chi connectivity index (χ3v) is 9.87. The maximum Gasteiger partial charge on any atom is 0.344 e. The van der Waals surface area contributed by atoms with Crippen molar-refractivity contribution in [2.24, 2.45) is 5.92 Å². The molecule has 10 nitrogen and oxygen atoms in total. The largest absolute Gasteiger partial charge is 0.482 e. The van der Waals surface area contributed by atoms with E-state index in [-0.39, 0.29) is 12.5 Å². The van der Waals surface area contributed by atoms with E-state index in [0.29, 0.717) is 25.0 Å². The summed E-state index contributed by atoms with van der Waals surface area (Å²) in [6.07, 6.45) is 8.65. The van der Waals surface area contributed by atoms with Crippen LogP contribution in [0.4, 0.5) is 0 Å². The Morgan fingerprint density at radius 3 is 2.08 bits per heavy atom. The molecular weight excluding hydrogens is 554 g/mol. The molecule has 38 heavy (non-hydrogen) atoms. The van der Waals surface area contributed by atoms with Gasteiger partial charge in [0.2, 0.25) is 10.0 Å². The number of sulfonamides is 1. The average Bonchev–Trinajstić information content (AvgIpc) is 2.97. The van der Waals surface area contributed by atoms with E-state index in [0.717, 1.165) is 49.1 Å². The van der Waals surface area contributed by atoms with Gasteiger partial charge < -0.3 is 9.47 Å². The molecular formula is C25H35NO9S3. The zero-order valence-corrected chi connectivity index (χ0v) is 24.6. The normalized spacial score (nSPS) is 21.0. The molecule has 2 aliphatic rings. The van der Waals surface area contributed by atoms with Gasteiger partial charge in [-0.25, -0.2) is 34.8 Å². The van der Waals surface area contributed by atoms with Crippen molar-refractivity contribution in [1.82, 2.24) is 4.72 Å². The van der Waals surface area contributed by atoms with Crippen LogP contribution in [0, 0.1) is 5.92 Å². The molecule has 2 atom stereocenters. The van der Waals surface area contributed by atoms with Crippen LogP contribution >= 0.6 is 0 Å². The third kappa shape index (κ3) is 7.90. The van der Waals surface area contributed by atoms with Crippen molar-refractivity contribution in [3.8, 4) is 0 Å². The second-order valence-electron chi connectivity index (χ2n) is 10.7. The molecule has 3 rings (SSSR count). The quantitative estimate of drug-likeness (QED) is 0.452. The second kappa shape index (κ2) is 11.1. The lowest BCUT2D eigenvalue weighted by molar-refractivity contribution is -0.158. The molecule has 0 aromatic heterocycles. The highest BCUT2D eigenvalue weighted by Crippen LogP contribution is 2.37. The van der Waals surface area contributed by atoms with Gasteiger partial charge in [0, 0.05) is 24.5 Å². The number of rotatable bonds is 8. The van der Waals surface area contributed by atoms with Crippen LogP contribution in [-0.4, -0.2) is 62.0 Å². The van der Waals surface area contributed by atoms with Crippen molar-refractivity contribution in [3.63, 3.8) is 0 Å². The Morgan fingerprint density at radius 2 is 1.53 bits per heavy atom. The Balaban J connectivity index is 1.92. The number of esters is 1. The Kier molecular flexibility index (Phi) is 8.86. The van der Waals surface area contributed by atoms with Crippen LogP contribution in [0.15, 0.2) is 56.4 Å². The van der Waals surface area contributed by atoms with Crippen LogP contribution in [0.3, 0.4) is 0 Å². The van der Waals surface area contributed by atoms with Gasteiger partial charge in [0.25, 0.3) is 0 Å². The zero-order chi connectivity index (χ0) is 28.5. The predicted octanol–water partition coefficient (Wildman–Crippen LogP) is 2.90. The van der Waals surface area contributed by atoms with Crippen molar-refractivity contribution < 1.29 is 39.5 Å². The van der Waals surface area contributed by atoms with Crippen LogP contribution in [-0.2, 0) is 44.0 Å². The third-order valence-electron chi connectivity index (χ3n) is 6.21. The number of fused-ring (bicyclic) bond motifs is 1. The van der Waals surface area contributed by atoms with Crippen LogP contribution in [0.25, 0.3) is 0 Å². The van der Waals surface area contributed by atoms with Crippen LogP contribution in [0.1, 0.15) is 52.9 Å². The lowest BCUT2D eigenvalue weighted by Crippen LogP contribution is -2.41. The summed E-state index contributed by atoms with van der Waals surface area (Å²) < 4.78 is 89.3. The average molecular weight is 590 g/mol. The molecule has 0 saturated heterocycles. The van der Waals surface area contributed by atoms with Crippen molar-refractivity contribution in [1.29, 1.82) is 0 Å². The smallest absolute Gasteiger partial charge is 0.344 e. The van der Waals surface area contributed by atoms with E-state index in [4.69, 9.17) is 9.47 Å². The topological polar surface area (TPSA) is 150 Å². The van der Waals surface area contributed by atoms with Gasteiger partial charge in [-0.05, 0) is 76.3 Å². The molecule has 1 saturated carbocycles. The molecule has 0 aliphatic heterocycles. The molecule has 2 aliphatic carbocycles. The first kappa shape index (κ1) is 30.3. The van der Waals surface area contributed by atoms with Gasteiger partial charge in [-0.3, -0.25) is 0 Å². The first-order valence-electron chi connectivity index (χ1n) is 12.2. The van der Waals surface area contributed by atoms with Crippen LogP contribution < -0.4 is 4.72 Å². The van der Waals surface area contributed by atoms with E-state index in [2.05, 4.69) is 4.72 Å². The van der Waals surface area contributed by atoms with Gasteiger partial charge in [-0.15, -0.1) is 0 Å². The lowest BCUT2D eigenvalue weighted by atomic mass is 9.84. The summed E-state index contributed by atoms with van der Waals surface area (Å²) in [5.41, 5.74) is 0.239. The molecule has 1 aromatic rings. The van der Waals surface area contributed by atoms with E-state index in [1.165, 1.54) is 0 Å². The predicted molar refractivity (Wildman–Crippen MR) is 141 cm³/mol. The lowest BCUT2D eigenvalue weighted by Gasteiger charge is -2.30. The van der Waals surface area contributed by atoms with Crippen molar-refractivity contribution in [3.05, 3.63) is 41.7 Å². The first-order valence-corrected chi connectivity index (χ1v) is 17.5. The highest BCUT2D eigenvalue weighted by molar-refractivity contribution is 7.92. The number of hydrogen-bond donors (Lipinski definition) is 1. The summed E-state index contributed by atoms with van der Waals surface area (Å²) in [5, 5.41) is 0. The van der Waals surface area contributed by atoms with Gasteiger partial charge in [0.05, 0.1) is 14.7 Å². The molecule has 0 heterocycles. The first-order chi connectivity index (χ1) is 17.4. The fraction of sp³-hybridized carbons (Fsp3) is 0.560. The number of carbonyl (C=O) groups excluding carboxylic acids is 1. The maximum absolute atomic E-state index is 13.4. The van der Waals surface area contributed by atoms with Crippen molar-refractivity contribution in [2.75, 3.05) is 19.1 Å². The summed E-state index contributed by atoms with van der Waals surface area (Å²) in [4.78, 5) is 10.9. The standard InChI is InChI=1S/C25H35NO9S3/c1-25(2,3)35-24(27)16-34-23-12-8-10-20-21(23)9-6-7-11-22(20)26-38(32,33)19-14-17(36(4,28)29)13-18(15-19)37(5,30)31/h8,12-15,20,22,26H,6-7,9-11,16H2,1-5H3. The summed E-state index contributed by atoms with van der Waals surface area (Å²) in [6, 6.07) is 2.34. The minimum atomic E-state index is -4.30. The van der Waals surface area contributed by atoms with Gasteiger partial charge in [-0.1, -0.05) is 12.5 Å². The van der Waals surface area contributed by atoms with Gasteiger partial charge in [-0.2, -0.15) is 0 Å². The van der Waals surface area contributed by atoms with Crippen LogP contribution in [0.2, 0.25) is 0 Å². The fourth-order valence-electron chi connectivity index (χ4n) is 4.54. The Bertz CT molecular complexity index is 1420. The molecule has 2 unspecified atom stereocenters. The summed E-state index contributed by atoms with van der Waals surface area (Å²) in [5.74, 6) is -0.255. The Labute approximate surface area is 225 Å². The number of ether oxygens (including phenoxy) is 2. The molecule has 212 valence electrons. The van der Waals surface area contributed by atoms with Gasteiger partial charge in [0.1, 0.15) is 11.4 Å². The maximum atomic E-state index is 13.4. The van der Waals surface area contributed by atoms with Crippen LogP contribution in [0.5, 0.6) is 0 Å². The summed E-state index contributed by atoms with van der Waals surface area (Å²) in [6.45, 7) is 5.00. The van der Waals surface area contributed by atoms with Crippen molar-refractivity contribution in [2.45, 2.75) is 79.2 Å². The molecule has 13 heteroatoms. The second-order valence-corrected chi connectivity index (χ2v) is 16.4. The number of allylic oxidation sites excluding steroid dienone is 2. The summed E-state index contributed by atoms with van der Waals surface area (Å²) >= 11 is 0. The molecule has 0 amide bonds. The number of sulfone groups is 2. The fourth-order valence-corrected chi connectivity index (χ4v) is 7.51. The Hall–Kier alpha value is -2.22. The van der Waals surface area contributed by atoms with Gasteiger partial charge in [0.15, 0.2) is 26.3 Å². The van der Waals surface area contributed by atoms with Gasteiger partial charge >= 0.3 is 5.97 Å². The monoisotopic (exact) mass is 589 g/mol. The number of nitrogens with one attached hydrogen (secondary N) is 1. The molecule has 0 spiro atoms. The van der Waals surface area contributed by atoms with Crippen molar-refractivity contribution >= 4 is 35.7 Å². The van der Waals surface area contributed by atoms with E-state index >= 15 is 0 Å². The van der Waals surface area contributed by atoms with E-state index in [1.54, 1.807) is 26.8 Å². The van der Waals surface area contributed by atoms with E-state index in [1.807, 2.05) is 6.08 Å². The van der Waals surface area contributed by atoms with E-state index < -0.39 is 62.0 Å². The SMILES string of the molecule is CC(C)(C)OC(=O)COC1=C2CCCCC(NS(=O)(=O)c3cc(S(C)(=O)=O)cc(S(C)(=O)=O)c3)C2CC=C1. The molecule has 1 N–H and O–H groups in total. The minimum Gasteiger partial charge on any atom is -0.482 e. The minimum absolute atomic E-state index is 0.251. The summed E-state index contributed by atoms with van der Waals surface area (Å²) in [7, 11) is -12.1. The molecule has 0 radical (unpaired) electrons. The number of hydrogen-bond acceptors (Lipinski definition) is 9. The Morgan fingerprint density at radius 1 is 0.947 bits per heavy atom. The number of carbonyl (C=O) groups is 1. The highest BCUT2D eigenvalue weighted by atomic mass is 32.2. The molecule has 1 aromatic carbocycles.